The lowest BCUT2D eigenvalue weighted by atomic mass is 9.87. The third kappa shape index (κ3) is 5.89. The number of benzene rings is 1. The minimum atomic E-state index is -0.995. The number of thiazole rings is 1. The summed E-state index contributed by atoms with van der Waals surface area (Å²) in [5, 5.41) is 6.96. The van der Waals surface area contributed by atoms with E-state index < -0.39 is 18.0 Å². The molecule has 7 nitrogen and oxygen atoms in total. The van der Waals surface area contributed by atoms with Gasteiger partial charge in [-0.25, -0.2) is 9.78 Å². The lowest BCUT2D eigenvalue weighted by Crippen LogP contribution is -2.30. The van der Waals surface area contributed by atoms with Crippen LogP contribution in [0.3, 0.4) is 0 Å². The van der Waals surface area contributed by atoms with Gasteiger partial charge in [-0.2, -0.15) is 0 Å². The second kappa shape index (κ2) is 8.30. The maximum Gasteiger partial charge on any atom is 0.358 e. The van der Waals surface area contributed by atoms with Gasteiger partial charge < -0.3 is 15.4 Å². The number of ether oxygens (including phenoxy) is 1. The zero-order valence-electron chi connectivity index (χ0n) is 16.0. The highest BCUT2D eigenvalue weighted by Crippen LogP contribution is 2.23. The van der Waals surface area contributed by atoms with Crippen LogP contribution in [0.2, 0.25) is 0 Å². The molecule has 0 saturated heterocycles. The minimum absolute atomic E-state index is 0.0228. The molecule has 27 heavy (non-hydrogen) atoms. The quantitative estimate of drug-likeness (QED) is 0.762. The Kier molecular flexibility index (Phi) is 6.32. The molecule has 1 unspecified atom stereocenters. The Morgan fingerprint density at radius 1 is 1.11 bits per heavy atom. The van der Waals surface area contributed by atoms with Crippen LogP contribution in [0, 0.1) is 0 Å². The largest absolute Gasteiger partial charge is 0.448 e. The van der Waals surface area contributed by atoms with Crippen LogP contribution in [0.1, 0.15) is 50.7 Å². The summed E-state index contributed by atoms with van der Waals surface area (Å²) in [5.74, 6) is -1.45. The molecule has 0 fully saturated rings. The van der Waals surface area contributed by atoms with E-state index in [1.54, 1.807) is 0 Å². The summed E-state index contributed by atoms with van der Waals surface area (Å²) in [7, 11) is 0. The van der Waals surface area contributed by atoms with Gasteiger partial charge in [-0.3, -0.25) is 9.59 Å². The van der Waals surface area contributed by atoms with E-state index in [1.807, 2.05) is 24.3 Å². The highest BCUT2D eigenvalue weighted by atomic mass is 32.1. The maximum atomic E-state index is 12.2. The predicted molar refractivity (Wildman–Crippen MR) is 105 cm³/mol. The van der Waals surface area contributed by atoms with Crippen LogP contribution in [-0.4, -0.2) is 28.9 Å². The number of rotatable bonds is 5. The summed E-state index contributed by atoms with van der Waals surface area (Å²) in [4.78, 5) is 39.3. The molecule has 2 amide bonds. The van der Waals surface area contributed by atoms with Gasteiger partial charge in [-0.15, -0.1) is 11.3 Å². The fourth-order valence-corrected chi connectivity index (χ4v) is 2.87. The number of nitrogens with zero attached hydrogens (tertiary/aromatic N) is 1. The molecule has 2 rings (SSSR count). The number of esters is 1. The molecule has 0 aliphatic carbocycles. The van der Waals surface area contributed by atoms with Crippen LogP contribution in [0.25, 0.3) is 0 Å². The normalized spacial score (nSPS) is 12.2. The number of amides is 2. The van der Waals surface area contributed by atoms with Gasteiger partial charge in [0.15, 0.2) is 16.9 Å². The highest BCUT2D eigenvalue weighted by Gasteiger charge is 2.21. The standard InChI is InChI=1S/C19H23N3O4S/c1-11(26-17(25)15-10-27-18(22-15)20-12(2)23)16(24)21-14-8-6-13(7-9-14)19(3,4)5/h6-11H,1-5H3,(H,21,24)(H,20,22,23). The third-order valence-electron chi connectivity index (χ3n) is 3.67. The van der Waals surface area contributed by atoms with Crippen molar-refractivity contribution in [2.24, 2.45) is 0 Å². The summed E-state index contributed by atoms with van der Waals surface area (Å²) in [6.45, 7) is 9.16. The topological polar surface area (TPSA) is 97.4 Å². The first-order chi connectivity index (χ1) is 12.6. The number of hydrogen-bond acceptors (Lipinski definition) is 6. The number of aromatic nitrogens is 1. The monoisotopic (exact) mass is 389 g/mol. The van der Waals surface area contributed by atoms with Crippen molar-refractivity contribution in [3.05, 3.63) is 40.9 Å². The van der Waals surface area contributed by atoms with Crippen LogP contribution in [-0.2, 0) is 19.7 Å². The molecular weight excluding hydrogens is 366 g/mol. The van der Waals surface area contributed by atoms with E-state index >= 15 is 0 Å². The van der Waals surface area contributed by atoms with Gasteiger partial charge in [0.2, 0.25) is 5.91 Å². The van der Waals surface area contributed by atoms with Crippen LogP contribution in [0.15, 0.2) is 29.6 Å². The third-order valence-corrected chi connectivity index (χ3v) is 4.43. The molecule has 0 aliphatic heterocycles. The summed E-state index contributed by atoms with van der Waals surface area (Å²) in [6.07, 6.45) is -0.995. The number of nitrogens with one attached hydrogen (secondary N) is 2. The van der Waals surface area contributed by atoms with Crippen LogP contribution in [0.5, 0.6) is 0 Å². The van der Waals surface area contributed by atoms with Crippen LogP contribution in [0.4, 0.5) is 10.8 Å². The number of anilines is 2. The Labute approximate surface area is 162 Å². The van der Waals surface area contributed by atoms with Gasteiger partial charge in [-0.1, -0.05) is 32.9 Å². The highest BCUT2D eigenvalue weighted by molar-refractivity contribution is 7.14. The average Bonchev–Trinajstić information content (AvgIpc) is 3.02. The molecule has 0 radical (unpaired) electrons. The van der Waals surface area contributed by atoms with Gasteiger partial charge in [0, 0.05) is 18.0 Å². The molecule has 1 aromatic heterocycles. The molecule has 2 aromatic rings. The summed E-state index contributed by atoms with van der Waals surface area (Å²) < 4.78 is 5.15. The number of hydrogen-bond donors (Lipinski definition) is 2. The van der Waals surface area contributed by atoms with Crippen molar-refractivity contribution in [1.82, 2.24) is 4.98 Å². The second-order valence-electron chi connectivity index (χ2n) is 7.08. The summed E-state index contributed by atoms with van der Waals surface area (Å²) in [6, 6.07) is 7.52. The van der Waals surface area contributed by atoms with E-state index in [1.165, 1.54) is 19.2 Å². The molecule has 0 saturated carbocycles. The van der Waals surface area contributed by atoms with E-state index in [2.05, 4.69) is 36.4 Å². The van der Waals surface area contributed by atoms with E-state index in [4.69, 9.17) is 4.74 Å². The van der Waals surface area contributed by atoms with Crippen molar-refractivity contribution in [2.75, 3.05) is 10.6 Å². The summed E-state index contributed by atoms with van der Waals surface area (Å²) in [5.41, 5.74) is 1.84. The van der Waals surface area contributed by atoms with Crippen LogP contribution < -0.4 is 10.6 Å². The predicted octanol–water partition coefficient (Wildman–Crippen LogP) is 3.58. The Morgan fingerprint density at radius 3 is 2.30 bits per heavy atom. The van der Waals surface area contributed by atoms with E-state index in [-0.39, 0.29) is 17.0 Å². The van der Waals surface area contributed by atoms with Gasteiger partial charge >= 0.3 is 5.97 Å². The molecule has 0 aliphatic rings. The Morgan fingerprint density at radius 2 is 1.74 bits per heavy atom. The smallest absolute Gasteiger partial charge is 0.358 e. The van der Waals surface area contributed by atoms with E-state index in [0.717, 1.165) is 16.9 Å². The first kappa shape index (κ1) is 20.6. The van der Waals surface area contributed by atoms with Crippen molar-refractivity contribution in [1.29, 1.82) is 0 Å². The average molecular weight is 389 g/mol. The number of carbonyl (C=O) groups excluding carboxylic acids is 3. The molecule has 0 spiro atoms. The fourth-order valence-electron chi connectivity index (χ4n) is 2.15. The first-order valence-corrected chi connectivity index (χ1v) is 9.29. The zero-order chi connectivity index (χ0) is 20.2. The Bertz CT molecular complexity index is 837. The minimum Gasteiger partial charge on any atom is -0.448 e. The van der Waals surface area contributed by atoms with Crippen molar-refractivity contribution in [3.8, 4) is 0 Å². The fraction of sp³-hybridized carbons (Fsp3) is 0.368. The number of carbonyl (C=O) groups is 3. The van der Waals surface area contributed by atoms with Gasteiger partial charge in [-0.05, 0) is 30.0 Å². The molecule has 144 valence electrons. The summed E-state index contributed by atoms with van der Waals surface area (Å²) >= 11 is 1.10. The van der Waals surface area contributed by atoms with Gasteiger partial charge in [0.25, 0.3) is 5.91 Å². The maximum absolute atomic E-state index is 12.2. The Hall–Kier alpha value is -2.74. The molecule has 2 N–H and O–H groups in total. The lowest BCUT2D eigenvalue weighted by Gasteiger charge is -2.19. The molecular formula is C19H23N3O4S. The Balaban J connectivity index is 1.94. The van der Waals surface area contributed by atoms with Gasteiger partial charge in [0.05, 0.1) is 0 Å². The molecule has 1 heterocycles. The van der Waals surface area contributed by atoms with Crippen molar-refractivity contribution in [3.63, 3.8) is 0 Å². The molecule has 1 aromatic carbocycles. The SMILES string of the molecule is CC(=O)Nc1nc(C(=O)OC(C)C(=O)Nc2ccc(C(C)(C)C)cc2)cs1. The molecule has 8 heteroatoms. The molecule has 1 atom stereocenters. The zero-order valence-corrected chi connectivity index (χ0v) is 16.8. The molecule has 0 bridgehead atoms. The van der Waals surface area contributed by atoms with Crippen molar-refractivity contribution >= 4 is 39.9 Å². The van der Waals surface area contributed by atoms with Crippen molar-refractivity contribution < 1.29 is 19.1 Å². The first-order valence-electron chi connectivity index (χ1n) is 8.42. The lowest BCUT2D eigenvalue weighted by molar-refractivity contribution is -0.123. The second-order valence-corrected chi connectivity index (χ2v) is 7.94. The van der Waals surface area contributed by atoms with E-state index in [9.17, 15) is 14.4 Å². The van der Waals surface area contributed by atoms with Gasteiger partial charge in [0.1, 0.15) is 0 Å². The van der Waals surface area contributed by atoms with Crippen molar-refractivity contribution in [2.45, 2.75) is 46.1 Å². The van der Waals surface area contributed by atoms with E-state index in [0.29, 0.717) is 10.8 Å². The van der Waals surface area contributed by atoms with Crippen LogP contribution >= 0.6 is 11.3 Å².